The van der Waals surface area contributed by atoms with Crippen LogP contribution >= 0.6 is 12.2 Å². The van der Waals surface area contributed by atoms with E-state index in [1.807, 2.05) is 31.2 Å². The third-order valence-electron chi connectivity index (χ3n) is 3.36. The molecule has 0 bridgehead atoms. The van der Waals surface area contributed by atoms with E-state index in [1.54, 1.807) is 26.1 Å². The van der Waals surface area contributed by atoms with Crippen molar-refractivity contribution >= 4 is 23.2 Å². The van der Waals surface area contributed by atoms with E-state index >= 15 is 0 Å². The van der Waals surface area contributed by atoms with Crippen LogP contribution in [0.2, 0.25) is 0 Å². The largest absolute Gasteiger partial charge is 0.496 e. The number of rotatable bonds is 3. The Morgan fingerprint density at radius 2 is 2.00 bits per heavy atom. The predicted octanol–water partition coefficient (Wildman–Crippen LogP) is 1.58. The highest BCUT2D eigenvalue weighted by Gasteiger charge is 2.32. The summed E-state index contributed by atoms with van der Waals surface area (Å²) in [6, 6.07) is 7.28. The third-order valence-corrected chi connectivity index (χ3v) is 3.58. The molecule has 1 atom stereocenters. The number of amides is 1. The second-order valence-corrected chi connectivity index (χ2v) is 5.42. The molecule has 2 rings (SSSR count). The van der Waals surface area contributed by atoms with Crippen LogP contribution in [0.15, 0.2) is 35.5 Å². The molecule has 0 aromatic heterocycles. The molecule has 0 saturated heterocycles. The van der Waals surface area contributed by atoms with Crippen molar-refractivity contribution in [3.63, 3.8) is 0 Å². The molecular weight excluding hydrogens is 286 g/mol. The molecule has 1 aromatic carbocycles. The van der Waals surface area contributed by atoms with Gasteiger partial charge >= 0.3 is 0 Å². The number of carbonyl (C=O) groups excluding carboxylic acids is 1. The van der Waals surface area contributed by atoms with E-state index in [1.165, 1.54) is 0 Å². The fourth-order valence-electron chi connectivity index (χ4n) is 2.36. The molecule has 0 spiro atoms. The van der Waals surface area contributed by atoms with Gasteiger partial charge in [0, 0.05) is 25.4 Å². The number of benzene rings is 1. The van der Waals surface area contributed by atoms with Gasteiger partial charge in [0.1, 0.15) is 5.75 Å². The van der Waals surface area contributed by atoms with Crippen molar-refractivity contribution in [2.45, 2.75) is 13.0 Å². The number of methoxy groups -OCH3 is 1. The van der Waals surface area contributed by atoms with Crippen molar-refractivity contribution in [2.24, 2.45) is 0 Å². The quantitative estimate of drug-likeness (QED) is 0.830. The average Bonchev–Trinajstić information content (AvgIpc) is 2.45. The van der Waals surface area contributed by atoms with Crippen LogP contribution in [-0.2, 0) is 4.79 Å². The number of allylic oxidation sites excluding steroid dienone is 1. The van der Waals surface area contributed by atoms with Crippen molar-refractivity contribution in [3.05, 3.63) is 41.1 Å². The molecule has 0 radical (unpaired) electrons. The highest BCUT2D eigenvalue weighted by molar-refractivity contribution is 7.80. The summed E-state index contributed by atoms with van der Waals surface area (Å²) in [6.45, 7) is 1.85. The number of nitrogens with zero attached hydrogens (tertiary/aromatic N) is 1. The maximum atomic E-state index is 12.5. The zero-order valence-corrected chi connectivity index (χ0v) is 13.4. The van der Waals surface area contributed by atoms with Crippen LogP contribution in [0.4, 0.5) is 0 Å². The standard InChI is InChI=1S/C15H19N3O2S/c1-9-12(14(19)18(2)3)13(17-15(21)16-9)10-7-5-6-8-11(10)20-4/h5-8,13H,1-4H3,(H2,16,17,21)/t13-/m0/s1. The van der Waals surface area contributed by atoms with Crippen molar-refractivity contribution in [1.82, 2.24) is 15.5 Å². The predicted molar refractivity (Wildman–Crippen MR) is 86.0 cm³/mol. The zero-order chi connectivity index (χ0) is 15.6. The molecule has 6 heteroatoms. The van der Waals surface area contributed by atoms with Crippen molar-refractivity contribution < 1.29 is 9.53 Å². The molecule has 1 heterocycles. The van der Waals surface area contributed by atoms with E-state index in [9.17, 15) is 4.79 Å². The van der Waals surface area contributed by atoms with Gasteiger partial charge in [-0.3, -0.25) is 4.79 Å². The molecular formula is C15H19N3O2S. The summed E-state index contributed by atoms with van der Waals surface area (Å²) in [5.41, 5.74) is 2.28. The first-order chi connectivity index (χ1) is 9.95. The minimum Gasteiger partial charge on any atom is -0.496 e. The first kappa shape index (κ1) is 15.3. The summed E-state index contributed by atoms with van der Waals surface area (Å²) in [7, 11) is 5.08. The van der Waals surface area contributed by atoms with Crippen LogP contribution in [0.5, 0.6) is 5.75 Å². The Labute approximate surface area is 130 Å². The van der Waals surface area contributed by atoms with Crippen molar-refractivity contribution in [3.8, 4) is 5.75 Å². The topological polar surface area (TPSA) is 53.6 Å². The molecule has 1 amide bonds. The zero-order valence-electron chi connectivity index (χ0n) is 12.6. The Morgan fingerprint density at radius 1 is 1.33 bits per heavy atom. The van der Waals surface area contributed by atoms with Gasteiger partial charge in [-0.15, -0.1) is 0 Å². The molecule has 0 fully saturated rings. The van der Waals surface area contributed by atoms with Gasteiger partial charge in [0.15, 0.2) is 5.11 Å². The molecule has 1 aliphatic heterocycles. The SMILES string of the molecule is COc1ccccc1[C@@H]1NC(=S)NC(C)=C1C(=O)N(C)C. The molecule has 0 saturated carbocycles. The lowest BCUT2D eigenvalue weighted by atomic mass is 9.94. The first-order valence-electron chi connectivity index (χ1n) is 6.58. The summed E-state index contributed by atoms with van der Waals surface area (Å²) >= 11 is 5.22. The van der Waals surface area contributed by atoms with E-state index in [0.29, 0.717) is 10.7 Å². The highest BCUT2D eigenvalue weighted by atomic mass is 32.1. The average molecular weight is 305 g/mol. The second-order valence-electron chi connectivity index (χ2n) is 5.01. The Kier molecular flexibility index (Phi) is 4.47. The van der Waals surface area contributed by atoms with Crippen LogP contribution in [0.3, 0.4) is 0 Å². The Hall–Kier alpha value is -2.08. The van der Waals surface area contributed by atoms with Crippen LogP contribution in [0.1, 0.15) is 18.5 Å². The molecule has 2 N–H and O–H groups in total. The number of ether oxygens (including phenoxy) is 1. The molecule has 5 nitrogen and oxygen atoms in total. The van der Waals surface area contributed by atoms with Gasteiger partial charge < -0.3 is 20.3 Å². The normalized spacial score (nSPS) is 17.9. The van der Waals surface area contributed by atoms with E-state index in [2.05, 4.69) is 10.6 Å². The fraction of sp³-hybridized carbons (Fsp3) is 0.333. The second kappa shape index (κ2) is 6.13. The first-order valence-corrected chi connectivity index (χ1v) is 6.99. The fourth-order valence-corrected chi connectivity index (χ4v) is 2.63. The van der Waals surface area contributed by atoms with Crippen LogP contribution < -0.4 is 15.4 Å². The highest BCUT2D eigenvalue weighted by Crippen LogP contribution is 2.33. The summed E-state index contributed by atoms with van der Waals surface area (Å²) < 4.78 is 5.41. The number of nitrogens with one attached hydrogen (secondary N) is 2. The lowest BCUT2D eigenvalue weighted by Crippen LogP contribution is -2.46. The maximum absolute atomic E-state index is 12.5. The summed E-state index contributed by atoms with van der Waals surface area (Å²) in [5, 5.41) is 6.67. The number of hydrogen-bond acceptors (Lipinski definition) is 3. The lowest BCUT2D eigenvalue weighted by molar-refractivity contribution is -0.125. The van der Waals surface area contributed by atoms with Gasteiger partial charge in [0.25, 0.3) is 5.91 Å². The number of hydrogen-bond donors (Lipinski definition) is 2. The van der Waals surface area contributed by atoms with Gasteiger partial charge in [-0.2, -0.15) is 0 Å². The van der Waals surface area contributed by atoms with Gasteiger partial charge in [0.2, 0.25) is 0 Å². The number of likely N-dealkylation sites (N-methyl/N-ethyl adjacent to an activating group) is 1. The Balaban J connectivity index is 2.55. The molecule has 112 valence electrons. The van der Waals surface area contributed by atoms with E-state index in [0.717, 1.165) is 17.0 Å². The van der Waals surface area contributed by atoms with Crippen molar-refractivity contribution in [2.75, 3.05) is 21.2 Å². The summed E-state index contributed by atoms with van der Waals surface area (Å²) in [4.78, 5) is 14.1. The Morgan fingerprint density at radius 3 is 2.62 bits per heavy atom. The van der Waals surface area contributed by atoms with Crippen LogP contribution in [0, 0.1) is 0 Å². The minimum atomic E-state index is -0.329. The molecule has 1 aromatic rings. The van der Waals surface area contributed by atoms with Gasteiger partial charge in [-0.1, -0.05) is 18.2 Å². The Bertz CT molecular complexity index is 611. The summed E-state index contributed by atoms with van der Waals surface area (Å²) in [6.07, 6.45) is 0. The van der Waals surface area contributed by atoms with Crippen LogP contribution in [0.25, 0.3) is 0 Å². The van der Waals surface area contributed by atoms with Gasteiger partial charge in [-0.25, -0.2) is 0 Å². The smallest absolute Gasteiger partial charge is 0.253 e. The number of para-hydroxylation sites is 1. The monoisotopic (exact) mass is 305 g/mol. The van der Waals surface area contributed by atoms with E-state index in [-0.39, 0.29) is 11.9 Å². The third kappa shape index (κ3) is 3.00. The van der Waals surface area contributed by atoms with Crippen molar-refractivity contribution in [1.29, 1.82) is 0 Å². The maximum Gasteiger partial charge on any atom is 0.253 e. The van der Waals surface area contributed by atoms with E-state index < -0.39 is 0 Å². The molecule has 1 aliphatic rings. The molecule has 0 aliphatic carbocycles. The minimum absolute atomic E-state index is 0.0640. The number of carbonyl (C=O) groups is 1. The molecule has 0 unspecified atom stereocenters. The lowest BCUT2D eigenvalue weighted by Gasteiger charge is -2.32. The summed E-state index contributed by atoms with van der Waals surface area (Å²) in [5.74, 6) is 0.655. The molecule has 21 heavy (non-hydrogen) atoms. The van der Waals surface area contributed by atoms with Gasteiger partial charge in [-0.05, 0) is 25.2 Å². The number of thiocarbonyl (C=S) groups is 1. The van der Waals surface area contributed by atoms with E-state index in [4.69, 9.17) is 17.0 Å². The van der Waals surface area contributed by atoms with Gasteiger partial charge in [0.05, 0.1) is 18.7 Å². The van der Waals surface area contributed by atoms with Crippen LogP contribution in [-0.4, -0.2) is 37.1 Å².